The first-order valence-corrected chi connectivity index (χ1v) is 10.7. The summed E-state index contributed by atoms with van der Waals surface area (Å²) in [7, 11) is 2.92. The minimum absolute atomic E-state index is 0.0838. The van der Waals surface area contributed by atoms with Crippen molar-refractivity contribution in [1.29, 1.82) is 0 Å². The van der Waals surface area contributed by atoms with Gasteiger partial charge < -0.3 is 19.3 Å². The molecule has 14 heteroatoms. The molecule has 2 N–H and O–H groups in total. The van der Waals surface area contributed by atoms with Crippen LogP contribution in [0.2, 0.25) is 0 Å². The highest BCUT2D eigenvalue weighted by molar-refractivity contribution is 8.76. The van der Waals surface area contributed by atoms with Gasteiger partial charge in [-0.25, -0.2) is 9.59 Å². The summed E-state index contributed by atoms with van der Waals surface area (Å²) in [4.78, 5) is 39.5. The fraction of sp³-hybridized carbons (Fsp3) is 0.643. The zero-order valence-corrected chi connectivity index (χ0v) is 16.3. The molecule has 0 radical (unpaired) electrons. The van der Waals surface area contributed by atoms with Crippen LogP contribution in [0.1, 0.15) is 12.6 Å². The predicted molar refractivity (Wildman–Crippen MR) is 102 cm³/mol. The average molecular weight is 433 g/mol. The Labute approximate surface area is 166 Å². The summed E-state index contributed by atoms with van der Waals surface area (Å²) in [6, 6.07) is 0.512. The quantitative estimate of drug-likeness (QED) is 0.137. The fourth-order valence-corrected chi connectivity index (χ4v) is 3.98. The van der Waals surface area contributed by atoms with E-state index in [1.54, 1.807) is 0 Å². The molecular weight excluding hydrogens is 414 g/mol. The van der Waals surface area contributed by atoms with E-state index in [1.165, 1.54) is 38.4 Å². The SMILES string of the molecule is [N-]=[N+]=NC1CC(n2ccc(=O)[nH]c2=O)OC1COC(=O)OCCSSCCO. The number of carbonyl (C=O) groups excluding carboxylic acids is 1. The third kappa shape index (κ3) is 6.80. The summed E-state index contributed by atoms with van der Waals surface area (Å²) in [5.74, 6) is 1.13. The van der Waals surface area contributed by atoms with E-state index in [1.807, 2.05) is 0 Å². The summed E-state index contributed by atoms with van der Waals surface area (Å²) in [6.45, 7) is 0.00658. The molecule has 3 unspecified atom stereocenters. The minimum atomic E-state index is -0.888. The number of aliphatic hydroxyl groups excluding tert-OH is 1. The zero-order valence-electron chi connectivity index (χ0n) is 14.6. The first-order valence-electron chi connectivity index (χ1n) is 8.21. The van der Waals surface area contributed by atoms with Crippen LogP contribution in [0.25, 0.3) is 10.4 Å². The number of azide groups is 1. The van der Waals surface area contributed by atoms with Crippen LogP contribution < -0.4 is 11.2 Å². The van der Waals surface area contributed by atoms with Gasteiger partial charge in [-0.3, -0.25) is 14.3 Å². The van der Waals surface area contributed by atoms with E-state index in [9.17, 15) is 14.4 Å². The van der Waals surface area contributed by atoms with Gasteiger partial charge >= 0.3 is 11.8 Å². The van der Waals surface area contributed by atoms with Crippen molar-refractivity contribution in [3.8, 4) is 0 Å². The number of hydrogen-bond acceptors (Lipinski definition) is 10. The Bertz CT molecular complexity index is 810. The molecule has 0 aromatic carbocycles. The molecule has 1 aromatic rings. The van der Waals surface area contributed by atoms with Crippen LogP contribution in [0.4, 0.5) is 4.79 Å². The molecule has 1 aliphatic rings. The van der Waals surface area contributed by atoms with Crippen LogP contribution in [-0.2, 0) is 14.2 Å². The fourth-order valence-electron chi connectivity index (χ4n) is 2.38. The van der Waals surface area contributed by atoms with Gasteiger partial charge in [0.05, 0.1) is 12.6 Å². The number of ether oxygens (including phenoxy) is 3. The van der Waals surface area contributed by atoms with Crippen LogP contribution in [0.3, 0.4) is 0 Å². The highest BCUT2D eigenvalue weighted by Crippen LogP contribution is 2.30. The van der Waals surface area contributed by atoms with Gasteiger partial charge in [0.2, 0.25) is 0 Å². The Hall–Kier alpha value is -2.12. The molecule has 1 saturated heterocycles. The van der Waals surface area contributed by atoms with Gasteiger partial charge in [-0.1, -0.05) is 26.7 Å². The molecule has 1 aromatic heterocycles. The maximum atomic E-state index is 11.9. The molecule has 28 heavy (non-hydrogen) atoms. The lowest BCUT2D eigenvalue weighted by Crippen LogP contribution is -2.32. The van der Waals surface area contributed by atoms with Gasteiger partial charge in [-0.2, -0.15) is 0 Å². The van der Waals surface area contributed by atoms with Crippen LogP contribution in [0, 0.1) is 0 Å². The van der Waals surface area contributed by atoms with Crippen molar-refractivity contribution >= 4 is 27.7 Å². The molecule has 0 amide bonds. The molecule has 2 heterocycles. The van der Waals surface area contributed by atoms with Crippen molar-refractivity contribution in [2.45, 2.75) is 24.8 Å². The molecule has 0 bridgehead atoms. The first kappa shape index (κ1) is 22.2. The predicted octanol–water partition coefficient (Wildman–Crippen LogP) is 1.03. The lowest BCUT2D eigenvalue weighted by Gasteiger charge is -2.16. The Balaban J connectivity index is 1.84. The third-order valence-corrected chi connectivity index (χ3v) is 5.92. The van der Waals surface area contributed by atoms with Crippen LogP contribution in [0.15, 0.2) is 27.0 Å². The van der Waals surface area contributed by atoms with Crippen molar-refractivity contribution in [2.75, 3.05) is 31.3 Å². The summed E-state index contributed by atoms with van der Waals surface area (Å²) < 4.78 is 16.7. The van der Waals surface area contributed by atoms with E-state index in [-0.39, 0.29) is 26.2 Å². The molecule has 0 saturated carbocycles. The van der Waals surface area contributed by atoms with Gasteiger partial charge in [0.15, 0.2) is 0 Å². The number of hydrogen-bond donors (Lipinski definition) is 2. The molecule has 12 nitrogen and oxygen atoms in total. The molecule has 2 rings (SSSR count). The molecule has 3 atom stereocenters. The van der Waals surface area contributed by atoms with E-state index >= 15 is 0 Å². The molecule has 1 fully saturated rings. The van der Waals surface area contributed by atoms with Crippen LogP contribution in [0.5, 0.6) is 0 Å². The van der Waals surface area contributed by atoms with Crippen molar-refractivity contribution in [2.24, 2.45) is 5.11 Å². The summed E-state index contributed by atoms with van der Waals surface area (Å²) >= 11 is 0. The zero-order chi connectivity index (χ0) is 20.4. The van der Waals surface area contributed by atoms with Crippen LogP contribution in [-0.4, -0.2) is 64.3 Å². The second kappa shape index (κ2) is 11.7. The highest BCUT2D eigenvalue weighted by Gasteiger charge is 2.37. The third-order valence-electron chi connectivity index (χ3n) is 3.58. The van der Waals surface area contributed by atoms with E-state index < -0.39 is 35.8 Å². The number of aromatic amines is 1. The van der Waals surface area contributed by atoms with Crippen LogP contribution >= 0.6 is 21.6 Å². The molecule has 0 spiro atoms. The Morgan fingerprint density at radius 3 is 2.93 bits per heavy atom. The van der Waals surface area contributed by atoms with E-state index in [0.29, 0.717) is 11.5 Å². The van der Waals surface area contributed by atoms with Gasteiger partial charge in [0.25, 0.3) is 5.56 Å². The smallest absolute Gasteiger partial charge is 0.433 e. The monoisotopic (exact) mass is 433 g/mol. The van der Waals surface area contributed by atoms with Gasteiger partial charge in [0.1, 0.15) is 25.5 Å². The Kier molecular flexibility index (Phi) is 9.23. The molecule has 0 aliphatic carbocycles. The normalized spacial score (nSPS) is 21.1. The maximum absolute atomic E-state index is 11.9. The van der Waals surface area contributed by atoms with Crippen molar-refractivity contribution in [1.82, 2.24) is 9.55 Å². The summed E-state index contributed by atoms with van der Waals surface area (Å²) in [6.07, 6.45) is -0.965. The number of nitrogens with zero attached hydrogens (tertiary/aromatic N) is 4. The van der Waals surface area contributed by atoms with E-state index in [4.69, 9.17) is 24.8 Å². The van der Waals surface area contributed by atoms with E-state index in [2.05, 4.69) is 15.0 Å². The first-order chi connectivity index (χ1) is 13.5. The second-order valence-corrected chi connectivity index (χ2v) is 8.13. The molecular formula is C14H19N5O7S2. The number of H-pyrrole nitrogens is 1. The standard InChI is InChI=1S/C14H19N5O7S2/c15-18-17-9-7-12(19-2-1-11(21)16-13(19)22)26-10(9)8-25-14(23)24-4-6-28-27-5-3-20/h1-2,9-10,12,20H,3-8H2,(H,16,21,22). The topological polar surface area (TPSA) is 169 Å². The van der Waals surface area contributed by atoms with Crippen molar-refractivity contribution in [3.05, 3.63) is 43.5 Å². The maximum Gasteiger partial charge on any atom is 0.508 e. The molecule has 154 valence electrons. The lowest BCUT2D eigenvalue weighted by atomic mass is 10.1. The number of rotatable bonds is 10. The second-order valence-electron chi connectivity index (χ2n) is 5.43. The highest BCUT2D eigenvalue weighted by atomic mass is 33.1. The van der Waals surface area contributed by atoms with Crippen molar-refractivity contribution in [3.63, 3.8) is 0 Å². The van der Waals surface area contributed by atoms with Gasteiger partial charge in [-0.05, 0) is 5.53 Å². The average Bonchev–Trinajstić information content (AvgIpc) is 3.05. The Morgan fingerprint density at radius 1 is 1.43 bits per heavy atom. The van der Waals surface area contributed by atoms with Gasteiger partial charge in [-0.15, -0.1) is 0 Å². The number of aromatic nitrogens is 2. The minimum Gasteiger partial charge on any atom is -0.433 e. The Morgan fingerprint density at radius 2 is 2.21 bits per heavy atom. The number of aliphatic hydroxyl groups is 1. The summed E-state index contributed by atoms with van der Waals surface area (Å²) in [5, 5.41) is 12.3. The summed E-state index contributed by atoms with van der Waals surface area (Å²) in [5.41, 5.74) is 7.51. The number of nitrogens with one attached hydrogen (secondary N) is 1. The lowest BCUT2D eigenvalue weighted by molar-refractivity contribution is -0.0415. The molecule has 1 aliphatic heterocycles. The van der Waals surface area contributed by atoms with Crippen molar-refractivity contribution < 1.29 is 24.1 Å². The largest absolute Gasteiger partial charge is 0.508 e. The van der Waals surface area contributed by atoms with Gasteiger partial charge in [0, 0.05) is 35.1 Å². The number of carbonyl (C=O) groups is 1. The van der Waals surface area contributed by atoms with E-state index in [0.717, 1.165) is 0 Å².